The standard InChI is InChI=1S/C13H18N4O2S/c1-9-4-12(14)13(5-10(9)2)20(18,19)16-7-11-6-15-17(3)8-11/h4-6,8,16H,7,14H2,1-3H3. The number of hydrogen-bond donors (Lipinski definition) is 2. The van der Waals surface area contributed by atoms with Crippen molar-refractivity contribution < 1.29 is 8.42 Å². The topological polar surface area (TPSA) is 90.0 Å². The number of aromatic nitrogens is 2. The molecule has 0 bridgehead atoms. The fraction of sp³-hybridized carbons (Fsp3) is 0.308. The molecule has 0 aliphatic rings. The molecule has 0 radical (unpaired) electrons. The number of hydrogen-bond acceptors (Lipinski definition) is 4. The van der Waals surface area contributed by atoms with Crippen molar-refractivity contribution in [3.63, 3.8) is 0 Å². The van der Waals surface area contributed by atoms with Crippen LogP contribution in [0.1, 0.15) is 16.7 Å². The largest absolute Gasteiger partial charge is 0.398 e. The predicted octanol–water partition coefficient (Wildman–Crippen LogP) is 1.10. The van der Waals surface area contributed by atoms with Gasteiger partial charge in [0.15, 0.2) is 0 Å². The molecule has 108 valence electrons. The van der Waals surface area contributed by atoms with E-state index in [4.69, 9.17) is 5.73 Å². The van der Waals surface area contributed by atoms with Crippen LogP contribution in [0.4, 0.5) is 5.69 Å². The van der Waals surface area contributed by atoms with Crippen LogP contribution in [0.3, 0.4) is 0 Å². The van der Waals surface area contributed by atoms with E-state index in [-0.39, 0.29) is 17.1 Å². The number of aryl methyl sites for hydroxylation is 3. The van der Waals surface area contributed by atoms with Gasteiger partial charge in [0.2, 0.25) is 10.0 Å². The minimum absolute atomic E-state index is 0.115. The molecule has 6 nitrogen and oxygen atoms in total. The Bertz CT molecular complexity index is 735. The summed E-state index contributed by atoms with van der Waals surface area (Å²) >= 11 is 0. The van der Waals surface area contributed by atoms with Crippen LogP contribution in [0.25, 0.3) is 0 Å². The van der Waals surface area contributed by atoms with E-state index in [1.807, 2.05) is 13.8 Å². The number of nitrogen functional groups attached to an aromatic ring is 1. The second-order valence-electron chi connectivity index (χ2n) is 4.82. The molecule has 0 aliphatic carbocycles. The van der Waals surface area contributed by atoms with Crippen LogP contribution in [0, 0.1) is 13.8 Å². The lowest BCUT2D eigenvalue weighted by Gasteiger charge is -2.11. The first-order valence-corrected chi connectivity index (χ1v) is 7.62. The summed E-state index contributed by atoms with van der Waals surface area (Å²) in [5.41, 5.74) is 8.72. The zero-order chi connectivity index (χ0) is 14.9. The second-order valence-corrected chi connectivity index (χ2v) is 6.56. The Kier molecular flexibility index (Phi) is 3.82. The number of benzene rings is 1. The van der Waals surface area contributed by atoms with Crippen LogP contribution < -0.4 is 10.5 Å². The van der Waals surface area contributed by atoms with E-state index in [9.17, 15) is 8.42 Å². The molecule has 0 aliphatic heterocycles. The Balaban J connectivity index is 2.24. The molecule has 7 heteroatoms. The zero-order valence-electron chi connectivity index (χ0n) is 11.7. The van der Waals surface area contributed by atoms with Crippen molar-refractivity contribution in [3.8, 4) is 0 Å². The molecule has 1 heterocycles. The Morgan fingerprint density at radius 2 is 1.95 bits per heavy atom. The average Bonchev–Trinajstić information content (AvgIpc) is 2.77. The van der Waals surface area contributed by atoms with E-state index >= 15 is 0 Å². The Hall–Kier alpha value is -1.86. The highest BCUT2D eigenvalue weighted by Crippen LogP contribution is 2.22. The lowest BCUT2D eigenvalue weighted by molar-refractivity contribution is 0.581. The molecule has 0 fully saturated rings. The highest BCUT2D eigenvalue weighted by Gasteiger charge is 2.18. The van der Waals surface area contributed by atoms with Gasteiger partial charge in [-0.2, -0.15) is 5.10 Å². The van der Waals surface area contributed by atoms with Gasteiger partial charge >= 0.3 is 0 Å². The number of anilines is 1. The zero-order valence-corrected chi connectivity index (χ0v) is 12.5. The summed E-state index contributed by atoms with van der Waals surface area (Å²) in [6, 6.07) is 3.27. The van der Waals surface area contributed by atoms with Gasteiger partial charge in [0.05, 0.1) is 11.9 Å². The molecule has 0 saturated heterocycles. The monoisotopic (exact) mass is 294 g/mol. The van der Waals surface area contributed by atoms with E-state index in [1.54, 1.807) is 36.3 Å². The summed E-state index contributed by atoms with van der Waals surface area (Å²) in [5.74, 6) is 0. The molecular formula is C13H18N4O2S. The molecule has 0 atom stereocenters. The Labute approximate surface area is 118 Å². The van der Waals surface area contributed by atoms with E-state index in [1.165, 1.54) is 0 Å². The summed E-state index contributed by atoms with van der Waals surface area (Å²) < 4.78 is 28.7. The third-order valence-electron chi connectivity index (χ3n) is 3.14. The van der Waals surface area contributed by atoms with Gasteiger partial charge < -0.3 is 5.73 Å². The number of nitrogens with two attached hydrogens (primary N) is 1. The number of nitrogens with one attached hydrogen (secondary N) is 1. The van der Waals surface area contributed by atoms with Crippen LogP contribution >= 0.6 is 0 Å². The fourth-order valence-corrected chi connectivity index (χ4v) is 3.08. The molecular weight excluding hydrogens is 276 g/mol. The molecule has 1 aromatic heterocycles. The fourth-order valence-electron chi connectivity index (χ4n) is 1.86. The van der Waals surface area contributed by atoms with E-state index in [0.717, 1.165) is 16.7 Å². The van der Waals surface area contributed by atoms with Gasteiger partial charge in [0, 0.05) is 25.4 Å². The lowest BCUT2D eigenvalue weighted by Crippen LogP contribution is -2.24. The van der Waals surface area contributed by atoms with Gasteiger partial charge in [0.25, 0.3) is 0 Å². The second kappa shape index (κ2) is 5.26. The quantitative estimate of drug-likeness (QED) is 0.826. The van der Waals surface area contributed by atoms with Gasteiger partial charge in [-0.3, -0.25) is 4.68 Å². The maximum atomic E-state index is 12.3. The van der Waals surface area contributed by atoms with Gasteiger partial charge in [-0.1, -0.05) is 0 Å². The van der Waals surface area contributed by atoms with Crippen molar-refractivity contribution in [2.45, 2.75) is 25.3 Å². The van der Waals surface area contributed by atoms with E-state index in [0.29, 0.717) is 0 Å². The summed E-state index contributed by atoms with van der Waals surface area (Å²) in [4.78, 5) is 0.115. The molecule has 3 N–H and O–H groups in total. The number of rotatable bonds is 4. The Morgan fingerprint density at radius 3 is 2.55 bits per heavy atom. The van der Waals surface area contributed by atoms with Crippen LogP contribution in [-0.2, 0) is 23.6 Å². The summed E-state index contributed by atoms with van der Waals surface area (Å²) in [5, 5.41) is 3.99. The van der Waals surface area contributed by atoms with Gasteiger partial charge in [-0.15, -0.1) is 0 Å². The van der Waals surface area contributed by atoms with E-state index < -0.39 is 10.0 Å². The van der Waals surface area contributed by atoms with Crippen molar-refractivity contribution in [1.29, 1.82) is 0 Å². The SMILES string of the molecule is Cc1cc(N)c(S(=O)(=O)NCc2cnn(C)c2)cc1C. The van der Waals surface area contributed by atoms with Crippen LogP contribution in [0.15, 0.2) is 29.4 Å². The van der Waals surface area contributed by atoms with Crippen molar-refractivity contribution in [2.24, 2.45) is 7.05 Å². The minimum Gasteiger partial charge on any atom is -0.398 e. The third-order valence-corrected chi connectivity index (χ3v) is 4.60. The first-order valence-electron chi connectivity index (χ1n) is 6.13. The molecule has 0 saturated carbocycles. The smallest absolute Gasteiger partial charge is 0.242 e. The van der Waals surface area contributed by atoms with Gasteiger partial charge in [0.1, 0.15) is 4.90 Å². The van der Waals surface area contributed by atoms with Crippen LogP contribution in [0.2, 0.25) is 0 Å². The normalized spacial score (nSPS) is 11.8. The summed E-state index contributed by atoms with van der Waals surface area (Å²) in [6.45, 7) is 3.93. The number of sulfonamides is 1. The van der Waals surface area contributed by atoms with Crippen molar-refractivity contribution in [3.05, 3.63) is 41.2 Å². The lowest BCUT2D eigenvalue weighted by atomic mass is 10.1. The molecule has 2 aromatic rings. The highest BCUT2D eigenvalue weighted by molar-refractivity contribution is 7.89. The molecule has 1 aromatic carbocycles. The van der Waals surface area contributed by atoms with Crippen LogP contribution in [-0.4, -0.2) is 18.2 Å². The summed E-state index contributed by atoms with van der Waals surface area (Å²) in [7, 11) is -1.85. The third kappa shape index (κ3) is 3.00. The average molecular weight is 294 g/mol. The molecule has 0 spiro atoms. The summed E-state index contributed by atoms with van der Waals surface area (Å²) in [6.07, 6.45) is 3.37. The molecule has 0 unspecified atom stereocenters. The van der Waals surface area contributed by atoms with E-state index in [2.05, 4.69) is 9.82 Å². The van der Waals surface area contributed by atoms with Crippen molar-refractivity contribution >= 4 is 15.7 Å². The maximum absolute atomic E-state index is 12.3. The first-order chi connectivity index (χ1) is 9.29. The molecule has 0 amide bonds. The number of nitrogens with zero attached hydrogens (tertiary/aromatic N) is 2. The molecule has 2 rings (SSSR count). The maximum Gasteiger partial charge on any atom is 0.242 e. The molecule has 20 heavy (non-hydrogen) atoms. The van der Waals surface area contributed by atoms with Gasteiger partial charge in [-0.05, 0) is 37.1 Å². The van der Waals surface area contributed by atoms with Gasteiger partial charge in [-0.25, -0.2) is 13.1 Å². The Morgan fingerprint density at radius 1 is 1.30 bits per heavy atom. The highest BCUT2D eigenvalue weighted by atomic mass is 32.2. The van der Waals surface area contributed by atoms with Crippen LogP contribution in [0.5, 0.6) is 0 Å². The van der Waals surface area contributed by atoms with Crippen molar-refractivity contribution in [2.75, 3.05) is 5.73 Å². The predicted molar refractivity (Wildman–Crippen MR) is 77.6 cm³/mol. The first kappa shape index (κ1) is 14.5. The minimum atomic E-state index is -3.63. The van der Waals surface area contributed by atoms with Crippen molar-refractivity contribution in [1.82, 2.24) is 14.5 Å².